The van der Waals surface area contributed by atoms with E-state index in [0.29, 0.717) is 25.6 Å². The molecule has 1 aromatic rings. The van der Waals surface area contributed by atoms with Gasteiger partial charge in [-0.3, -0.25) is 10.1 Å². The zero-order chi connectivity index (χ0) is 12.0. The van der Waals surface area contributed by atoms with E-state index in [1.54, 1.807) is 13.0 Å². The molecule has 0 spiro atoms. The van der Waals surface area contributed by atoms with Gasteiger partial charge in [-0.05, 0) is 19.9 Å². The molecule has 0 fully saturated rings. The van der Waals surface area contributed by atoms with Gasteiger partial charge in [0.05, 0.1) is 11.5 Å². The molecule has 0 aliphatic heterocycles. The lowest BCUT2D eigenvalue weighted by Crippen LogP contribution is -2.12. The van der Waals surface area contributed by atoms with Crippen LogP contribution in [0, 0.1) is 17.0 Å². The summed E-state index contributed by atoms with van der Waals surface area (Å²) in [6.07, 6.45) is 0. The van der Waals surface area contributed by atoms with E-state index in [-0.39, 0.29) is 5.69 Å². The van der Waals surface area contributed by atoms with Gasteiger partial charge in [0.2, 0.25) is 5.82 Å². The highest BCUT2D eigenvalue weighted by molar-refractivity contribution is 5.55. The van der Waals surface area contributed by atoms with Crippen molar-refractivity contribution in [1.82, 2.24) is 4.98 Å². The number of ether oxygens (including phenoxy) is 1. The van der Waals surface area contributed by atoms with E-state index >= 15 is 0 Å². The second kappa shape index (κ2) is 6.02. The Morgan fingerprint density at radius 2 is 2.31 bits per heavy atom. The second-order valence-corrected chi connectivity index (χ2v) is 3.20. The largest absolute Gasteiger partial charge is 0.380 e. The van der Waals surface area contributed by atoms with Gasteiger partial charge in [0, 0.05) is 24.9 Å². The summed E-state index contributed by atoms with van der Waals surface area (Å²) in [4.78, 5) is 14.4. The summed E-state index contributed by atoms with van der Waals surface area (Å²) in [7, 11) is 0. The minimum Gasteiger partial charge on any atom is -0.380 e. The third-order valence-electron chi connectivity index (χ3n) is 1.95. The molecule has 88 valence electrons. The SMILES string of the molecule is CCOCCNc1nc(C)ccc1[N+](=O)[O-]. The summed E-state index contributed by atoms with van der Waals surface area (Å²) in [6, 6.07) is 3.07. The maximum absolute atomic E-state index is 10.7. The fraction of sp³-hybridized carbons (Fsp3) is 0.500. The van der Waals surface area contributed by atoms with E-state index in [0.717, 1.165) is 5.69 Å². The highest BCUT2D eigenvalue weighted by Crippen LogP contribution is 2.21. The molecule has 0 unspecified atom stereocenters. The van der Waals surface area contributed by atoms with Crippen LogP contribution < -0.4 is 5.32 Å². The van der Waals surface area contributed by atoms with Crippen molar-refractivity contribution in [3.63, 3.8) is 0 Å². The molecule has 0 radical (unpaired) electrons. The van der Waals surface area contributed by atoms with E-state index in [4.69, 9.17) is 4.74 Å². The molecule has 0 aliphatic rings. The molecule has 0 atom stereocenters. The van der Waals surface area contributed by atoms with Crippen LogP contribution in [0.25, 0.3) is 0 Å². The van der Waals surface area contributed by atoms with Crippen molar-refractivity contribution >= 4 is 11.5 Å². The predicted octanol–water partition coefficient (Wildman–Crippen LogP) is 1.75. The van der Waals surface area contributed by atoms with Crippen LogP contribution in [0.5, 0.6) is 0 Å². The molecule has 1 rings (SSSR count). The molecule has 1 aromatic heterocycles. The molecule has 1 N–H and O–H groups in total. The summed E-state index contributed by atoms with van der Waals surface area (Å²) >= 11 is 0. The van der Waals surface area contributed by atoms with Gasteiger partial charge in [-0.2, -0.15) is 0 Å². The Balaban J connectivity index is 2.68. The third-order valence-corrected chi connectivity index (χ3v) is 1.95. The number of anilines is 1. The van der Waals surface area contributed by atoms with Gasteiger partial charge >= 0.3 is 5.69 Å². The van der Waals surface area contributed by atoms with Gasteiger partial charge in [-0.15, -0.1) is 0 Å². The number of rotatable bonds is 6. The van der Waals surface area contributed by atoms with E-state index in [9.17, 15) is 10.1 Å². The average Bonchev–Trinajstić information content (AvgIpc) is 2.24. The van der Waals surface area contributed by atoms with Gasteiger partial charge in [-0.1, -0.05) is 0 Å². The molecule has 6 nitrogen and oxygen atoms in total. The van der Waals surface area contributed by atoms with Gasteiger partial charge in [0.1, 0.15) is 0 Å². The number of pyridine rings is 1. The van der Waals surface area contributed by atoms with Crippen molar-refractivity contribution in [1.29, 1.82) is 0 Å². The standard InChI is InChI=1S/C10H15N3O3/c1-3-16-7-6-11-10-9(13(14)15)5-4-8(2)12-10/h4-5H,3,6-7H2,1-2H3,(H,11,12). The van der Waals surface area contributed by atoms with E-state index in [1.165, 1.54) is 6.07 Å². The summed E-state index contributed by atoms with van der Waals surface area (Å²) < 4.78 is 5.13. The highest BCUT2D eigenvalue weighted by Gasteiger charge is 2.14. The lowest BCUT2D eigenvalue weighted by molar-refractivity contribution is -0.384. The molecule has 0 amide bonds. The van der Waals surface area contributed by atoms with Crippen LogP contribution in [0.4, 0.5) is 11.5 Å². The Kier molecular flexibility index (Phi) is 4.65. The van der Waals surface area contributed by atoms with Crippen LogP contribution in [-0.4, -0.2) is 29.7 Å². The van der Waals surface area contributed by atoms with E-state index in [2.05, 4.69) is 10.3 Å². The minimum absolute atomic E-state index is 0.0119. The third kappa shape index (κ3) is 3.47. The van der Waals surface area contributed by atoms with Crippen molar-refractivity contribution in [2.75, 3.05) is 25.1 Å². The molecule has 0 saturated heterocycles. The maximum atomic E-state index is 10.7. The number of hydrogen-bond donors (Lipinski definition) is 1. The lowest BCUT2D eigenvalue weighted by Gasteiger charge is -2.06. The van der Waals surface area contributed by atoms with Gasteiger partial charge < -0.3 is 10.1 Å². The molecular formula is C10H15N3O3. The van der Waals surface area contributed by atoms with Crippen molar-refractivity contribution < 1.29 is 9.66 Å². The van der Waals surface area contributed by atoms with Gasteiger partial charge in [0.25, 0.3) is 0 Å². The van der Waals surface area contributed by atoms with Crippen LogP contribution in [0.3, 0.4) is 0 Å². The second-order valence-electron chi connectivity index (χ2n) is 3.20. The topological polar surface area (TPSA) is 77.3 Å². The maximum Gasteiger partial charge on any atom is 0.311 e. The normalized spacial score (nSPS) is 10.1. The van der Waals surface area contributed by atoms with Gasteiger partial charge in [0.15, 0.2) is 0 Å². The lowest BCUT2D eigenvalue weighted by atomic mass is 10.3. The number of hydrogen-bond acceptors (Lipinski definition) is 5. The molecule has 0 saturated carbocycles. The zero-order valence-electron chi connectivity index (χ0n) is 9.40. The number of nitrogens with one attached hydrogen (secondary N) is 1. The van der Waals surface area contributed by atoms with Crippen LogP contribution in [0.1, 0.15) is 12.6 Å². The number of aromatic nitrogens is 1. The first-order valence-electron chi connectivity index (χ1n) is 5.08. The quantitative estimate of drug-likeness (QED) is 0.453. The summed E-state index contributed by atoms with van der Waals surface area (Å²) in [5, 5.41) is 13.6. The van der Waals surface area contributed by atoms with Gasteiger partial charge in [-0.25, -0.2) is 4.98 Å². The van der Waals surface area contributed by atoms with Crippen molar-refractivity contribution in [2.24, 2.45) is 0 Å². The first-order valence-corrected chi connectivity index (χ1v) is 5.08. The molecule has 0 aliphatic carbocycles. The van der Waals surface area contributed by atoms with Crippen molar-refractivity contribution in [3.05, 3.63) is 27.9 Å². The molecule has 16 heavy (non-hydrogen) atoms. The van der Waals surface area contributed by atoms with Crippen LogP contribution in [0.15, 0.2) is 12.1 Å². The van der Waals surface area contributed by atoms with E-state index in [1.807, 2.05) is 6.92 Å². The molecule has 0 bridgehead atoms. The predicted molar refractivity (Wildman–Crippen MR) is 60.6 cm³/mol. The number of aryl methyl sites for hydroxylation is 1. The average molecular weight is 225 g/mol. The summed E-state index contributed by atoms with van der Waals surface area (Å²) in [6.45, 7) is 5.32. The Hall–Kier alpha value is -1.69. The van der Waals surface area contributed by atoms with Crippen molar-refractivity contribution in [2.45, 2.75) is 13.8 Å². The summed E-state index contributed by atoms with van der Waals surface area (Å²) in [5.74, 6) is 0.296. The highest BCUT2D eigenvalue weighted by atomic mass is 16.6. The number of nitrogens with zero attached hydrogens (tertiary/aromatic N) is 2. The molecule has 1 heterocycles. The van der Waals surface area contributed by atoms with Crippen LogP contribution in [-0.2, 0) is 4.74 Å². The number of nitro groups is 1. The summed E-state index contributed by atoms with van der Waals surface area (Å²) in [5.41, 5.74) is 0.728. The Bertz CT molecular complexity index is 368. The Morgan fingerprint density at radius 3 is 2.94 bits per heavy atom. The minimum atomic E-state index is -0.449. The Labute approximate surface area is 93.8 Å². The molecular weight excluding hydrogens is 210 g/mol. The zero-order valence-corrected chi connectivity index (χ0v) is 9.40. The van der Waals surface area contributed by atoms with Crippen molar-refractivity contribution in [3.8, 4) is 0 Å². The van der Waals surface area contributed by atoms with Crippen LogP contribution in [0.2, 0.25) is 0 Å². The van der Waals surface area contributed by atoms with Crippen LogP contribution >= 0.6 is 0 Å². The Morgan fingerprint density at radius 1 is 1.56 bits per heavy atom. The fourth-order valence-corrected chi connectivity index (χ4v) is 1.21. The molecule has 0 aromatic carbocycles. The molecule has 6 heteroatoms. The first kappa shape index (κ1) is 12.4. The smallest absolute Gasteiger partial charge is 0.311 e. The monoisotopic (exact) mass is 225 g/mol. The van der Waals surface area contributed by atoms with E-state index < -0.39 is 4.92 Å². The fourth-order valence-electron chi connectivity index (χ4n) is 1.21. The first-order chi connectivity index (χ1) is 7.65.